The van der Waals surface area contributed by atoms with Crippen LogP contribution in [-0.4, -0.2) is 21.1 Å². The molecule has 108 valence electrons. The number of nitrogens with zero attached hydrogens (tertiary/aromatic N) is 3. The molecule has 2 aromatic rings. The summed E-state index contributed by atoms with van der Waals surface area (Å²) in [6.07, 6.45) is 8.05. The minimum atomic E-state index is 0.868. The van der Waals surface area contributed by atoms with E-state index in [1.165, 1.54) is 42.1 Å². The molecule has 1 N–H and O–H groups in total. The highest BCUT2D eigenvalue weighted by Gasteiger charge is 2.15. The summed E-state index contributed by atoms with van der Waals surface area (Å²) < 4.78 is 2.28. The van der Waals surface area contributed by atoms with Gasteiger partial charge in [-0.3, -0.25) is 0 Å². The highest BCUT2D eigenvalue weighted by molar-refractivity contribution is 7.09. The molecule has 0 unspecified atom stereocenters. The maximum absolute atomic E-state index is 4.71. The average Bonchev–Trinajstić information content (AvgIpc) is 3.08. The highest BCUT2D eigenvalue weighted by atomic mass is 32.1. The Kier molecular flexibility index (Phi) is 4.47. The van der Waals surface area contributed by atoms with Gasteiger partial charge in [0.25, 0.3) is 0 Å². The van der Waals surface area contributed by atoms with Gasteiger partial charge in [-0.2, -0.15) is 0 Å². The molecule has 2 aromatic heterocycles. The maximum atomic E-state index is 4.71. The Balaban J connectivity index is 1.64. The Morgan fingerprint density at radius 3 is 3.15 bits per heavy atom. The van der Waals surface area contributed by atoms with Gasteiger partial charge in [0, 0.05) is 17.6 Å². The van der Waals surface area contributed by atoms with Crippen molar-refractivity contribution in [2.24, 2.45) is 0 Å². The average molecular weight is 290 g/mol. The minimum Gasteiger partial charge on any atom is -0.328 e. The number of aromatic nitrogens is 3. The van der Waals surface area contributed by atoms with E-state index in [0.29, 0.717) is 0 Å². The number of nitrogens with one attached hydrogen (secondary N) is 1. The molecule has 0 fully saturated rings. The fourth-order valence-corrected chi connectivity index (χ4v) is 3.47. The zero-order chi connectivity index (χ0) is 13.8. The summed E-state index contributed by atoms with van der Waals surface area (Å²) in [6.45, 7) is 5.00. The second-order valence-corrected chi connectivity index (χ2v) is 6.32. The number of rotatable bonds is 6. The smallest absolute Gasteiger partial charge is 0.107 e. The van der Waals surface area contributed by atoms with Gasteiger partial charge < -0.3 is 9.88 Å². The molecule has 0 amide bonds. The molecule has 0 atom stereocenters. The summed E-state index contributed by atoms with van der Waals surface area (Å²) in [6, 6.07) is 0. The predicted molar refractivity (Wildman–Crippen MR) is 82.1 cm³/mol. The first-order valence-corrected chi connectivity index (χ1v) is 8.41. The van der Waals surface area contributed by atoms with Crippen molar-refractivity contribution in [3.8, 4) is 0 Å². The Morgan fingerprint density at radius 1 is 1.35 bits per heavy atom. The van der Waals surface area contributed by atoms with E-state index in [4.69, 9.17) is 4.98 Å². The van der Waals surface area contributed by atoms with Crippen LogP contribution in [0.3, 0.4) is 0 Å². The summed E-state index contributed by atoms with van der Waals surface area (Å²) in [5.74, 6) is 0. The molecular weight excluding hydrogens is 268 g/mol. The van der Waals surface area contributed by atoms with Crippen LogP contribution < -0.4 is 5.32 Å². The quantitative estimate of drug-likeness (QED) is 0.832. The second-order valence-electron chi connectivity index (χ2n) is 5.38. The lowest BCUT2D eigenvalue weighted by Crippen LogP contribution is -2.13. The van der Waals surface area contributed by atoms with E-state index >= 15 is 0 Å². The summed E-state index contributed by atoms with van der Waals surface area (Å²) >= 11 is 1.75. The Labute approximate surface area is 124 Å². The first-order valence-electron chi connectivity index (χ1n) is 7.53. The molecule has 0 aromatic carbocycles. The van der Waals surface area contributed by atoms with E-state index in [1.54, 1.807) is 11.3 Å². The minimum absolute atomic E-state index is 0.868. The van der Waals surface area contributed by atoms with Crippen LogP contribution in [0.5, 0.6) is 0 Å². The van der Waals surface area contributed by atoms with Crippen molar-refractivity contribution in [1.82, 2.24) is 19.9 Å². The van der Waals surface area contributed by atoms with Crippen LogP contribution in [0.25, 0.3) is 0 Å². The van der Waals surface area contributed by atoms with Crippen LogP contribution in [0.15, 0.2) is 11.7 Å². The molecule has 3 rings (SSSR count). The van der Waals surface area contributed by atoms with Gasteiger partial charge in [-0.1, -0.05) is 6.92 Å². The first-order chi connectivity index (χ1) is 9.86. The number of hydrogen-bond acceptors (Lipinski definition) is 4. The summed E-state index contributed by atoms with van der Waals surface area (Å²) in [5, 5.41) is 6.76. The topological polar surface area (TPSA) is 42.7 Å². The zero-order valence-electron chi connectivity index (χ0n) is 12.1. The first kappa shape index (κ1) is 13.8. The largest absolute Gasteiger partial charge is 0.328 e. The Bertz CT molecular complexity index is 558. The van der Waals surface area contributed by atoms with E-state index in [9.17, 15) is 0 Å². The van der Waals surface area contributed by atoms with Crippen LogP contribution in [0.4, 0.5) is 0 Å². The third-order valence-corrected chi connectivity index (χ3v) is 4.64. The van der Waals surface area contributed by atoms with Gasteiger partial charge in [-0.15, -0.1) is 11.3 Å². The van der Waals surface area contributed by atoms with E-state index in [2.05, 4.69) is 27.2 Å². The summed E-state index contributed by atoms with van der Waals surface area (Å²) in [5.41, 5.74) is 3.89. The van der Waals surface area contributed by atoms with Gasteiger partial charge in [0.1, 0.15) is 5.01 Å². The van der Waals surface area contributed by atoms with E-state index in [1.807, 2.05) is 6.33 Å². The number of thiazole rings is 1. The van der Waals surface area contributed by atoms with Crippen LogP contribution in [0.1, 0.15) is 48.3 Å². The van der Waals surface area contributed by atoms with Gasteiger partial charge in [-0.05, 0) is 38.6 Å². The number of imidazole rings is 1. The molecule has 1 aliphatic rings. The van der Waals surface area contributed by atoms with Crippen molar-refractivity contribution in [3.05, 3.63) is 33.8 Å². The summed E-state index contributed by atoms with van der Waals surface area (Å²) in [7, 11) is 0. The van der Waals surface area contributed by atoms with Crippen molar-refractivity contribution < 1.29 is 0 Å². The van der Waals surface area contributed by atoms with Crippen LogP contribution in [0.2, 0.25) is 0 Å². The van der Waals surface area contributed by atoms with Crippen LogP contribution in [-0.2, 0) is 25.9 Å². The van der Waals surface area contributed by atoms with Crippen molar-refractivity contribution in [2.45, 2.75) is 52.1 Å². The van der Waals surface area contributed by atoms with Crippen LogP contribution >= 0.6 is 11.3 Å². The highest BCUT2D eigenvalue weighted by Crippen LogP contribution is 2.21. The van der Waals surface area contributed by atoms with Gasteiger partial charge in [-0.25, -0.2) is 9.97 Å². The standard InChI is InChI=1S/C15H22N4S/c1-2-7-16-8-15-18-12(10-20-15)9-19-11-17-13-5-3-4-6-14(13)19/h10-11,16H,2-9H2,1H3. The molecule has 0 saturated carbocycles. The summed E-state index contributed by atoms with van der Waals surface area (Å²) in [4.78, 5) is 9.26. The molecule has 1 aliphatic carbocycles. The van der Waals surface area contributed by atoms with E-state index < -0.39 is 0 Å². The third kappa shape index (κ3) is 3.10. The SMILES string of the molecule is CCCNCc1nc(Cn2cnc3c2CCCC3)cs1. The van der Waals surface area contributed by atoms with Crippen molar-refractivity contribution in [2.75, 3.05) is 6.54 Å². The molecule has 20 heavy (non-hydrogen) atoms. The van der Waals surface area contributed by atoms with E-state index in [-0.39, 0.29) is 0 Å². The second kappa shape index (κ2) is 6.50. The van der Waals surface area contributed by atoms with E-state index in [0.717, 1.165) is 31.7 Å². The number of fused-ring (bicyclic) bond motifs is 1. The molecule has 5 heteroatoms. The fraction of sp³-hybridized carbons (Fsp3) is 0.600. The molecule has 0 bridgehead atoms. The monoisotopic (exact) mass is 290 g/mol. The Hall–Kier alpha value is -1.20. The lowest BCUT2D eigenvalue weighted by atomic mass is 10.0. The normalized spacial score (nSPS) is 14.4. The fourth-order valence-electron chi connectivity index (χ4n) is 2.72. The molecular formula is C15H22N4S. The zero-order valence-corrected chi connectivity index (χ0v) is 12.9. The number of aryl methyl sites for hydroxylation is 1. The van der Waals surface area contributed by atoms with Crippen LogP contribution in [0, 0.1) is 0 Å². The molecule has 0 spiro atoms. The van der Waals surface area contributed by atoms with Gasteiger partial charge >= 0.3 is 0 Å². The lowest BCUT2D eigenvalue weighted by Gasteiger charge is -2.13. The Morgan fingerprint density at radius 2 is 2.25 bits per heavy atom. The van der Waals surface area contributed by atoms with Gasteiger partial charge in [0.15, 0.2) is 0 Å². The molecule has 0 saturated heterocycles. The molecule has 2 heterocycles. The van der Waals surface area contributed by atoms with Crippen molar-refractivity contribution in [1.29, 1.82) is 0 Å². The maximum Gasteiger partial charge on any atom is 0.107 e. The molecule has 4 nitrogen and oxygen atoms in total. The molecule has 0 aliphatic heterocycles. The lowest BCUT2D eigenvalue weighted by molar-refractivity contribution is 0.624. The van der Waals surface area contributed by atoms with Gasteiger partial charge in [0.2, 0.25) is 0 Å². The third-order valence-electron chi connectivity index (χ3n) is 3.74. The van der Waals surface area contributed by atoms with Gasteiger partial charge in [0.05, 0.1) is 24.3 Å². The predicted octanol–water partition coefficient (Wildman–Crippen LogP) is 2.77. The van der Waals surface area contributed by atoms with Crippen molar-refractivity contribution >= 4 is 11.3 Å². The molecule has 0 radical (unpaired) electrons. The number of hydrogen-bond donors (Lipinski definition) is 1. The van der Waals surface area contributed by atoms with Crippen molar-refractivity contribution in [3.63, 3.8) is 0 Å².